The molecule has 0 bridgehead atoms. The van der Waals surface area contributed by atoms with Crippen LogP contribution in [0.1, 0.15) is 13.8 Å². The van der Waals surface area contributed by atoms with Crippen LogP contribution in [0.4, 0.5) is 0 Å². The van der Waals surface area contributed by atoms with Gasteiger partial charge in [-0.1, -0.05) is 0 Å². The summed E-state index contributed by atoms with van der Waals surface area (Å²) in [6.45, 7) is 1.56. The molecule has 0 aromatic heterocycles. The topological polar surface area (TPSA) is 209 Å². The first-order valence-corrected chi connectivity index (χ1v) is 8.46. The monoisotopic (exact) mass is 399 g/mol. The lowest BCUT2D eigenvalue weighted by Gasteiger charge is -2.42. The fourth-order valence-electron chi connectivity index (χ4n) is 2.54. The molecular weight excluding hydrogens is 370 g/mol. The van der Waals surface area contributed by atoms with Crippen LogP contribution in [0.25, 0.3) is 0 Å². The molecule has 0 aromatic carbocycles. The van der Waals surface area contributed by atoms with E-state index in [1.807, 2.05) is 0 Å². The second-order valence-electron chi connectivity index (χ2n) is 6.65. The van der Waals surface area contributed by atoms with Crippen LogP contribution < -0.4 is 5.32 Å². The number of aliphatic hydroxyl groups is 8. The summed E-state index contributed by atoms with van der Waals surface area (Å²) in [7, 11) is 0. The normalized spacial score (nSPS) is 33.4. The zero-order valence-corrected chi connectivity index (χ0v) is 15.0. The van der Waals surface area contributed by atoms with Gasteiger partial charge in [0, 0.05) is 6.04 Å². The Kier molecular flexibility index (Phi) is 9.44. The van der Waals surface area contributed by atoms with Gasteiger partial charge in [0.15, 0.2) is 12.4 Å². The van der Waals surface area contributed by atoms with E-state index in [1.54, 1.807) is 13.8 Å². The van der Waals surface area contributed by atoms with Crippen molar-refractivity contribution in [3.63, 3.8) is 0 Å². The zero-order valence-electron chi connectivity index (χ0n) is 15.0. The second kappa shape index (κ2) is 10.6. The Hall–Kier alpha value is -0.930. The van der Waals surface area contributed by atoms with Crippen LogP contribution in [-0.4, -0.2) is 121 Å². The van der Waals surface area contributed by atoms with Crippen molar-refractivity contribution in [2.24, 2.45) is 0 Å². The molecule has 0 saturated carbocycles. The van der Waals surface area contributed by atoms with Crippen molar-refractivity contribution in [3.05, 3.63) is 0 Å². The molecule has 1 saturated heterocycles. The van der Waals surface area contributed by atoms with E-state index in [4.69, 9.17) is 19.7 Å². The molecule has 1 aliphatic rings. The van der Waals surface area contributed by atoms with E-state index in [-0.39, 0.29) is 6.04 Å². The van der Waals surface area contributed by atoms with Crippen molar-refractivity contribution >= 4 is 5.91 Å². The smallest absolute Gasteiger partial charge is 0.251 e. The van der Waals surface area contributed by atoms with Crippen LogP contribution in [-0.2, 0) is 14.3 Å². The van der Waals surface area contributed by atoms with Gasteiger partial charge in [-0.05, 0) is 13.8 Å². The Morgan fingerprint density at radius 3 is 2.15 bits per heavy atom. The van der Waals surface area contributed by atoms with Crippen LogP contribution in [0.15, 0.2) is 0 Å². The Labute approximate surface area is 155 Å². The van der Waals surface area contributed by atoms with E-state index < -0.39 is 74.2 Å². The predicted molar refractivity (Wildman–Crippen MR) is 87.0 cm³/mol. The highest BCUT2D eigenvalue weighted by atomic mass is 16.7. The van der Waals surface area contributed by atoms with Crippen molar-refractivity contribution < 1.29 is 55.1 Å². The lowest BCUT2D eigenvalue weighted by atomic mass is 9.98. The maximum Gasteiger partial charge on any atom is 0.251 e. The molecule has 0 aromatic rings. The molecule has 12 nitrogen and oxygen atoms in total. The quantitative estimate of drug-likeness (QED) is 0.179. The largest absolute Gasteiger partial charge is 0.394 e. The minimum Gasteiger partial charge on any atom is -0.394 e. The molecule has 12 heteroatoms. The first kappa shape index (κ1) is 24.1. The standard InChI is InChI=1S/C15H29NO11/c1-5(2)16-14(25)11(23)10(22)13(6(19)3-17)27-15-12(24)9(21)8(20)7(4-18)26-15/h5-13,15,17-24H,3-4H2,1-2H3,(H,16,25)/t6-,7+,8-,9-,10-,11-,12+,13-,15-/m1/s1. The minimum atomic E-state index is -2.05. The number of aliphatic hydroxyl groups excluding tert-OH is 8. The van der Waals surface area contributed by atoms with Crippen LogP contribution >= 0.6 is 0 Å². The van der Waals surface area contributed by atoms with Gasteiger partial charge in [0.05, 0.1) is 13.2 Å². The number of ether oxygens (including phenoxy) is 2. The van der Waals surface area contributed by atoms with Gasteiger partial charge < -0.3 is 55.6 Å². The molecule has 1 amide bonds. The van der Waals surface area contributed by atoms with Crippen molar-refractivity contribution in [3.8, 4) is 0 Å². The number of carbonyl (C=O) groups excluding carboxylic acids is 1. The molecule has 0 unspecified atom stereocenters. The summed E-state index contributed by atoms with van der Waals surface area (Å²) in [6, 6.07) is -0.355. The number of rotatable bonds is 9. The average molecular weight is 399 g/mol. The van der Waals surface area contributed by atoms with Gasteiger partial charge in [-0.25, -0.2) is 0 Å². The average Bonchev–Trinajstić information content (AvgIpc) is 2.63. The van der Waals surface area contributed by atoms with E-state index in [0.717, 1.165) is 0 Å². The van der Waals surface area contributed by atoms with Gasteiger partial charge in [0.25, 0.3) is 5.91 Å². The van der Waals surface area contributed by atoms with Gasteiger partial charge in [0.1, 0.15) is 42.7 Å². The number of amides is 1. The first-order valence-electron chi connectivity index (χ1n) is 8.46. The molecular formula is C15H29NO11. The molecule has 0 aliphatic carbocycles. The van der Waals surface area contributed by atoms with Crippen molar-refractivity contribution in [2.45, 2.75) is 75.0 Å². The molecule has 1 fully saturated rings. The second-order valence-corrected chi connectivity index (χ2v) is 6.65. The maximum absolute atomic E-state index is 11.9. The molecule has 1 rings (SSSR count). The SMILES string of the molecule is CC(C)NC(=O)[C@H](O)[C@@H](O)[C@H](O[C@H]1O[C@@H](CO)[C@@H](O)[C@@H](O)[C@@H]1O)[C@H](O)CO. The van der Waals surface area contributed by atoms with E-state index >= 15 is 0 Å². The van der Waals surface area contributed by atoms with Crippen molar-refractivity contribution in [2.75, 3.05) is 13.2 Å². The lowest BCUT2D eigenvalue weighted by molar-refractivity contribution is -0.326. The number of hydrogen-bond donors (Lipinski definition) is 9. The highest BCUT2D eigenvalue weighted by Crippen LogP contribution is 2.25. The molecule has 9 atom stereocenters. The number of hydrogen-bond acceptors (Lipinski definition) is 11. The summed E-state index contributed by atoms with van der Waals surface area (Å²) in [5.74, 6) is -0.968. The number of carbonyl (C=O) groups is 1. The molecule has 1 heterocycles. The molecule has 27 heavy (non-hydrogen) atoms. The third-order valence-corrected chi connectivity index (χ3v) is 4.07. The highest BCUT2D eigenvalue weighted by Gasteiger charge is 2.47. The van der Waals surface area contributed by atoms with E-state index in [1.165, 1.54) is 0 Å². The molecule has 9 N–H and O–H groups in total. The third kappa shape index (κ3) is 6.02. The molecule has 160 valence electrons. The summed E-state index contributed by atoms with van der Waals surface area (Å²) in [4.78, 5) is 11.9. The third-order valence-electron chi connectivity index (χ3n) is 4.07. The maximum atomic E-state index is 11.9. The summed E-state index contributed by atoms with van der Waals surface area (Å²) in [5.41, 5.74) is 0. The van der Waals surface area contributed by atoms with Crippen LogP contribution in [0.3, 0.4) is 0 Å². The van der Waals surface area contributed by atoms with E-state index in [0.29, 0.717) is 0 Å². The van der Waals surface area contributed by atoms with Crippen LogP contribution in [0.2, 0.25) is 0 Å². The Morgan fingerprint density at radius 1 is 1.07 bits per heavy atom. The van der Waals surface area contributed by atoms with Crippen LogP contribution in [0.5, 0.6) is 0 Å². The lowest BCUT2D eigenvalue weighted by Crippen LogP contribution is -2.62. The molecule has 1 aliphatic heterocycles. The summed E-state index contributed by atoms with van der Waals surface area (Å²) < 4.78 is 10.3. The minimum absolute atomic E-state index is 0.355. The summed E-state index contributed by atoms with van der Waals surface area (Å²) >= 11 is 0. The van der Waals surface area contributed by atoms with E-state index in [9.17, 15) is 35.4 Å². The predicted octanol–water partition coefficient (Wildman–Crippen LogP) is -5.23. The summed E-state index contributed by atoms with van der Waals surface area (Å²) in [5, 5.41) is 80.2. The first-order chi connectivity index (χ1) is 12.5. The fourth-order valence-corrected chi connectivity index (χ4v) is 2.54. The van der Waals surface area contributed by atoms with Gasteiger partial charge in [-0.3, -0.25) is 4.79 Å². The van der Waals surface area contributed by atoms with Crippen molar-refractivity contribution in [1.82, 2.24) is 5.32 Å². The fraction of sp³-hybridized carbons (Fsp3) is 0.933. The van der Waals surface area contributed by atoms with Gasteiger partial charge in [-0.2, -0.15) is 0 Å². The Bertz CT molecular complexity index is 463. The van der Waals surface area contributed by atoms with E-state index in [2.05, 4.69) is 5.32 Å². The molecule has 0 radical (unpaired) electrons. The van der Waals surface area contributed by atoms with Crippen LogP contribution in [0, 0.1) is 0 Å². The molecule has 0 spiro atoms. The van der Waals surface area contributed by atoms with Gasteiger partial charge in [0.2, 0.25) is 0 Å². The van der Waals surface area contributed by atoms with Crippen molar-refractivity contribution in [1.29, 1.82) is 0 Å². The number of nitrogens with one attached hydrogen (secondary N) is 1. The Balaban J connectivity index is 2.95. The zero-order chi connectivity index (χ0) is 20.9. The Morgan fingerprint density at radius 2 is 1.67 bits per heavy atom. The summed E-state index contributed by atoms with van der Waals surface area (Å²) in [6.07, 6.45) is -16.0. The highest BCUT2D eigenvalue weighted by molar-refractivity contribution is 5.81. The van der Waals surface area contributed by atoms with Gasteiger partial charge >= 0.3 is 0 Å². The van der Waals surface area contributed by atoms with Gasteiger partial charge in [-0.15, -0.1) is 0 Å².